The Morgan fingerprint density at radius 2 is 1.64 bits per heavy atom. The number of thiazole rings is 1. The zero-order valence-corrected chi connectivity index (χ0v) is 44.9. The number of likely N-dealkylation sites (tertiary alicyclic amines) is 1. The predicted molar refractivity (Wildman–Crippen MR) is 290 cm³/mol. The molecule has 72 heavy (non-hydrogen) atoms. The molecule has 0 spiro atoms. The molecule has 0 radical (unpaired) electrons. The summed E-state index contributed by atoms with van der Waals surface area (Å²) in [7, 11) is 5.29. The van der Waals surface area contributed by atoms with Crippen molar-refractivity contribution in [2.75, 3.05) is 33.1 Å². The Bertz CT molecular complexity index is 2800. The average Bonchev–Trinajstić information content (AvgIpc) is 4.13. The van der Waals surface area contributed by atoms with Gasteiger partial charge in [0.05, 0.1) is 48.0 Å². The maximum atomic E-state index is 14.2. The third-order valence-corrected chi connectivity index (χ3v) is 15.5. The Kier molecular flexibility index (Phi) is 18.4. The number of methoxy groups -OCH3 is 2. The lowest BCUT2D eigenvalue weighted by atomic mass is 9.85. The van der Waals surface area contributed by atoms with Gasteiger partial charge in [0, 0.05) is 48.3 Å². The number of rotatable bonds is 23. The molecule has 1 aliphatic heterocycles. The number of unbranched alkanes of at least 4 members (excludes halogenated alkanes) is 5. The largest absolute Gasteiger partial charge is 0.493 e. The van der Waals surface area contributed by atoms with Crippen LogP contribution >= 0.6 is 22.7 Å². The van der Waals surface area contributed by atoms with Gasteiger partial charge in [-0.3, -0.25) is 14.4 Å². The van der Waals surface area contributed by atoms with Crippen molar-refractivity contribution in [3.05, 3.63) is 105 Å². The van der Waals surface area contributed by atoms with E-state index in [9.17, 15) is 19.5 Å². The molecule has 14 nitrogen and oxygen atoms in total. The van der Waals surface area contributed by atoms with Gasteiger partial charge >= 0.3 is 0 Å². The number of β-amino-alcohol motifs (C(OH)–C–C–N with tert-alkyl or cyclic N) is 1. The van der Waals surface area contributed by atoms with E-state index in [-0.39, 0.29) is 49.7 Å². The second kappa shape index (κ2) is 24.7. The number of carbonyl (C=O) groups excluding carboxylic acids is 3. The van der Waals surface area contributed by atoms with Crippen LogP contribution in [0.2, 0.25) is 0 Å². The molecule has 3 amide bonds. The van der Waals surface area contributed by atoms with Crippen molar-refractivity contribution in [1.29, 1.82) is 0 Å². The first-order chi connectivity index (χ1) is 34.6. The van der Waals surface area contributed by atoms with Crippen LogP contribution in [0, 0.1) is 19.3 Å². The molecule has 0 bridgehead atoms. The number of hydrogen-bond donors (Lipinski definition) is 5. The van der Waals surface area contributed by atoms with E-state index in [1.54, 1.807) is 36.9 Å². The Labute approximate surface area is 432 Å². The highest BCUT2D eigenvalue weighted by Crippen LogP contribution is 2.41. The smallest absolute Gasteiger partial charge is 0.246 e. The summed E-state index contributed by atoms with van der Waals surface area (Å²) in [6.07, 6.45) is 5.72. The molecule has 3 aromatic heterocycles. The van der Waals surface area contributed by atoms with Crippen LogP contribution in [0.25, 0.3) is 32.5 Å². The molecule has 1 saturated heterocycles. The summed E-state index contributed by atoms with van der Waals surface area (Å²) in [5.74, 6) is 1.83. The predicted octanol–water partition coefficient (Wildman–Crippen LogP) is 10.1. The molecular formula is C56H72N8O6S2. The third kappa shape index (κ3) is 13.2. The number of aliphatic hydroxyl groups excluding tert-OH is 1. The van der Waals surface area contributed by atoms with Gasteiger partial charge in [0.25, 0.3) is 0 Å². The summed E-state index contributed by atoms with van der Waals surface area (Å²) >= 11 is 3.32. The summed E-state index contributed by atoms with van der Waals surface area (Å²) in [5, 5.41) is 26.7. The van der Waals surface area contributed by atoms with Gasteiger partial charge in [-0.05, 0) is 97.8 Å². The SMILES string of the molecule is CNCc1ccccc1-c1csc(C(C)Nc2nc(C)nc3c(CCCCCCCCC(=O)NC(C(=O)N4C[C@H](O)C[C@H]4C(=O)NCc4ccc(-c5scnc5C)cc4)C(C)(C)C)c(OC)c(OC)cc23)c1. The van der Waals surface area contributed by atoms with Gasteiger partial charge in [-0.1, -0.05) is 95.0 Å². The van der Waals surface area contributed by atoms with E-state index in [1.165, 1.54) is 26.5 Å². The molecule has 384 valence electrons. The fourth-order valence-electron chi connectivity index (χ4n) is 9.57. The van der Waals surface area contributed by atoms with E-state index in [0.29, 0.717) is 23.7 Å². The van der Waals surface area contributed by atoms with Gasteiger partial charge in [0.2, 0.25) is 17.7 Å². The number of amides is 3. The topological polar surface area (TPSA) is 180 Å². The van der Waals surface area contributed by atoms with E-state index in [2.05, 4.69) is 68.9 Å². The summed E-state index contributed by atoms with van der Waals surface area (Å²) in [6.45, 7) is 12.9. The van der Waals surface area contributed by atoms with Crippen molar-refractivity contribution in [1.82, 2.24) is 35.8 Å². The van der Waals surface area contributed by atoms with Crippen molar-refractivity contribution in [3.8, 4) is 33.1 Å². The number of fused-ring (bicyclic) bond motifs is 1. The van der Waals surface area contributed by atoms with Gasteiger partial charge < -0.3 is 40.7 Å². The van der Waals surface area contributed by atoms with E-state index < -0.39 is 23.6 Å². The maximum Gasteiger partial charge on any atom is 0.246 e. The number of aryl methyl sites for hydroxylation is 3. The summed E-state index contributed by atoms with van der Waals surface area (Å²) in [5.41, 5.74) is 9.68. The van der Waals surface area contributed by atoms with Gasteiger partial charge in [-0.2, -0.15) is 0 Å². The van der Waals surface area contributed by atoms with Crippen LogP contribution in [0.15, 0.2) is 71.6 Å². The maximum absolute atomic E-state index is 14.2. The molecule has 1 fully saturated rings. The highest BCUT2D eigenvalue weighted by molar-refractivity contribution is 7.13. The van der Waals surface area contributed by atoms with Gasteiger partial charge in [0.15, 0.2) is 11.5 Å². The van der Waals surface area contributed by atoms with Crippen molar-refractivity contribution < 1.29 is 29.0 Å². The zero-order valence-electron chi connectivity index (χ0n) is 43.3. The van der Waals surface area contributed by atoms with E-state index in [0.717, 1.165) is 89.1 Å². The number of anilines is 1. The molecule has 0 aliphatic carbocycles. The van der Waals surface area contributed by atoms with Crippen LogP contribution in [-0.4, -0.2) is 88.7 Å². The molecular weight excluding hydrogens is 945 g/mol. The van der Waals surface area contributed by atoms with Crippen LogP contribution in [0.5, 0.6) is 11.5 Å². The Hall–Kier alpha value is -5.94. The first-order valence-corrected chi connectivity index (χ1v) is 26.9. The van der Waals surface area contributed by atoms with Crippen molar-refractivity contribution in [2.24, 2.45) is 5.41 Å². The molecule has 4 atom stereocenters. The highest BCUT2D eigenvalue weighted by atomic mass is 32.1. The molecule has 5 N–H and O–H groups in total. The lowest BCUT2D eigenvalue weighted by Gasteiger charge is -2.35. The second-order valence-electron chi connectivity index (χ2n) is 20.0. The molecule has 2 unspecified atom stereocenters. The number of hydrogen-bond acceptors (Lipinski definition) is 13. The zero-order chi connectivity index (χ0) is 51.5. The monoisotopic (exact) mass is 1020 g/mol. The average molecular weight is 1020 g/mol. The second-order valence-corrected chi connectivity index (χ2v) is 21.8. The molecule has 16 heteroatoms. The lowest BCUT2D eigenvalue weighted by Crippen LogP contribution is -2.57. The normalized spacial score (nSPS) is 15.6. The van der Waals surface area contributed by atoms with Crippen molar-refractivity contribution in [3.63, 3.8) is 0 Å². The fourth-order valence-corrected chi connectivity index (χ4v) is 11.3. The summed E-state index contributed by atoms with van der Waals surface area (Å²) in [6, 6.07) is 19.0. The van der Waals surface area contributed by atoms with E-state index in [1.807, 2.05) is 77.5 Å². The standard InChI is InChI=1S/C56H72N8O6S2/c1-34(47-26-40(32-71-47)42-19-17-16-18-39(42)30-57-7)60-53-44-28-46(69-8)50(70-9)43(49(44)61-36(3)62-53)20-14-12-10-11-13-15-21-48(66)63-52(56(4,5)6)55(68)64-31-41(65)27-45(64)54(67)58-29-37-22-24-38(25-23-37)51-35(2)59-33-72-51/h16-19,22-26,28,32-34,41,45,52,57,65H,10-15,20-21,27,29-31H2,1-9H3,(H,58,67)(H,63,66)(H,60,61,62)/t34?,41-,45+,52?/m1/s1. The molecule has 7 rings (SSSR count). The van der Waals surface area contributed by atoms with Crippen LogP contribution in [-0.2, 0) is 33.9 Å². The Balaban J connectivity index is 0.894. The van der Waals surface area contributed by atoms with Crippen LogP contribution in [0.4, 0.5) is 5.82 Å². The fraction of sp³-hybridized carbons (Fsp3) is 0.464. The molecule has 3 aromatic carbocycles. The summed E-state index contributed by atoms with van der Waals surface area (Å²) in [4.78, 5) is 59.0. The van der Waals surface area contributed by atoms with Gasteiger partial charge in [0.1, 0.15) is 23.7 Å². The number of aliphatic hydroxyl groups is 1. The van der Waals surface area contributed by atoms with Crippen LogP contribution in [0.1, 0.15) is 118 Å². The first-order valence-electron chi connectivity index (χ1n) is 25.1. The van der Waals surface area contributed by atoms with Crippen molar-refractivity contribution in [2.45, 2.75) is 137 Å². The number of ether oxygens (including phenoxy) is 2. The van der Waals surface area contributed by atoms with Gasteiger partial charge in [-0.25, -0.2) is 15.0 Å². The molecule has 1 aliphatic rings. The van der Waals surface area contributed by atoms with Crippen molar-refractivity contribution >= 4 is 57.1 Å². The number of benzene rings is 3. The lowest BCUT2D eigenvalue weighted by molar-refractivity contribution is -0.144. The van der Waals surface area contributed by atoms with E-state index in [4.69, 9.17) is 19.4 Å². The molecule has 6 aromatic rings. The minimum absolute atomic E-state index is 0.0129. The molecule has 4 heterocycles. The third-order valence-electron chi connectivity index (χ3n) is 13.4. The quantitative estimate of drug-likeness (QED) is 0.0386. The Morgan fingerprint density at radius 3 is 2.33 bits per heavy atom. The molecule has 0 saturated carbocycles. The summed E-state index contributed by atoms with van der Waals surface area (Å²) < 4.78 is 11.8. The number of carbonyl (C=O) groups is 3. The van der Waals surface area contributed by atoms with Gasteiger partial charge in [-0.15, -0.1) is 22.7 Å². The highest BCUT2D eigenvalue weighted by Gasteiger charge is 2.44. The number of nitrogens with zero attached hydrogens (tertiary/aromatic N) is 4. The van der Waals surface area contributed by atoms with Crippen LogP contribution in [0.3, 0.4) is 0 Å². The van der Waals surface area contributed by atoms with E-state index >= 15 is 0 Å². The number of aromatic nitrogens is 3. The first kappa shape index (κ1) is 53.8. The number of thiophene rings is 1. The number of nitrogens with one attached hydrogen (secondary N) is 4. The van der Waals surface area contributed by atoms with Crippen LogP contribution < -0.4 is 30.7 Å². The minimum atomic E-state index is -0.867. The minimum Gasteiger partial charge on any atom is -0.493 e. The Morgan fingerprint density at radius 1 is 0.903 bits per heavy atom.